The molecule has 8 heteroatoms. The second-order valence-electron chi connectivity index (χ2n) is 6.11. The van der Waals surface area contributed by atoms with E-state index < -0.39 is 5.91 Å². The lowest BCUT2D eigenvalue weighted by atomic mass is 10.1. The van der Waals surface area contributed by atoms with Gasteiger partial charge in [0.15, 0.2) is 0 Å². The van der Waals surface area contributed by atoms with Crippen molar-refractivity contribution in [2.45, 2.75) is 6.42 Å². The van der Waals surface area contributed by atoms with Crippen LogP contribution in [0.15, 0.2) is 69.4 Å². The number of aromatic nitrogens is 3. The van der Waals surface area contributed by atoms with Gasteiger partial charge in [-0.05, 0) is 35.2 Å². The fourth-order valence-electron chi connectivity index (χ4n) is 2.75. The van der Waals surface area contributed by atoms with Gasteiger partial charge in [-0.1, -0.05) is 29.4 Å². The molecule has 0 saturated carbocycles. The Morgan fingerprint density at radius 2 is 2.04 bits per heavy atom. The molecule has 1 amide bonds. The highest BCUT2D eigenvalue weighted by Gasteiger charge is 2.15. The van der Waals surface area contributed by atoms with E-state index in [1.807, 2.05) is 35.7 Å². The molecule has 0 radical (unpaired) electrons. The summed E-state index contributed by atoms with van der Waals surface area (Å²) in [6.45, 7) is 0. The summed E-state index contributed by atoms with van der Waals surface area (Å²) in [6.07, 6.45) is 1.97. The summed E-state index contributed by atoms with van der Waals surface area (Å²) < 4.78 is 6.72. The van der Waals surface area contributed by atoms with Gasteiger partial charge in [-0.3, -0.25) is 9.59 Å². The Balaban J connectivity index is 1.57. The van der Waals surface area contributed by atoms with Gasteiger partial charge in [0.25, 0.3) is 11.5 Å². The molecule has 4 rings (SSSR count). The number of para-hydroxylation sites is 1. The van der Waals surface area contributed by atoms with Crippen LogP contribution in [0, 0.1) is 0 Å². The van der Waals surface area contributed by atoms with Crippen molar-refractivity contribution in [2.75, 3.05) is 5.32 Å². The fourth-order valence-corrected chi connectivity index (χ4v) is 3.40. The van der Waals surface area contributed by atoms with Crippen molar-refractivity contribution in [3.63, 3.8) is 0 Å². The molecule has 1 aromatic carbocycles. The van der Waals surface area contributed by atoms with Crippen molar-refractivity contribution in [2.24, 2.45) is 7.05 Å². The smallest absolute Gasteiger partial charge is 0.263 e. The lowest BCUT2D eigenvalue weighted by Crippen LogP contribution is -2.27. The molecule has 0 aliphatic rings. The number of benzene rings is 1. The Hall–Kier alpha value is -3.52. The molecule has 4 aromatic rings. The van der Waals surface area contributed by atoms with E-state index >= 15 is 0 Å². The van der Waals surface area contributed by atoms with Crippen LogP contribution in [0.3, 0.4) is 0 Å². The number of hydrogen-bond donors (Lipinski definition) is 1. The van der Waals surface area contributed by atoms with E-state index in [4.69, 9.17) is 4.52 Å². The van der Waals surface area contributed by atoms with Crippen LogP contribution in [0.5, 0.6) is 0 Å². The number of carbonyl (C=O) groups is 1. The predicted octanol–water partition coefficient (Wildman–Crippen LogP) is 3.34. The Kier molecular flexibility index (Phi) is 4.86. The van der Waals surface area contributed by atoms with Crippen LogP contribution in [-0.4, -0.2) is 20.6 Å². The molecule has 0 bridgehead atoms. The average molecular weight is 392 g/mol. The molecule has 3 aromatic heterocycles. The number of pyridine rings is 1. The van der Waals surface area contributed by atoms with Crippen LogP contribution in [0.1, 0.15) is 21.8 Å². The fraction of sp³-hybridized carbons (Fsp3) is 0.100. The third kappa shape index (κ3) is 3.63. The normalized spacial score (nSPS) is 10.8. The van der Waals surface area contributed by atoms with Gasteiger partial charge in [-0.2, -0.15) is 4.98 Å². The summed E-state index contributed by atoms with van der Waals surface area (Å²) in [6, 6.07) is 14.3. The Bertz CT molecular complexity index is 1180. The van der Waals surface area contributed by atoms with E-state index in [2.05, 4.69) is 15.5 Å². The minimum absolute atomic E-state index is 0.0811. The third-order valence-electron chi connectivity index (χ3n) is 4.18. The zero-order valence-corrected chi connectivity index (χ0v) is 15.8. The lowest BCUT2D eigenvalue weighted by Gasteiger charge is -2.10. The molecule has 0 unspecified atom stereocenters. The van der Waals surface area contributed by atoms with Crippen molar-refractivity contribution in [1.29, 1.82) is 0 Å². The third-order valence-corrected chi connectivity index (χ3v) is 5.05. The van der Waals surface area contributed by atoms with Crippen molar-refractivity contribution in [3.8, 4) is 10.7 Å². The first-order valence-electron chi connectivity index (χ1n) is 8.53. The van der Waals surface area contributed by atoms with E-state index in [-0.39, 0.29) is 11.1 Å². The topological polar surface area (TPSA) is 90.0 Å². The summed E-state index contributed by atoms with van der Waals surface area (Å²) in [5.41, 5.74) is 1.13. The zero-order chi connectivity index (χ0) is 19.5. The molecule has 140 valence electrons. The number of nitrogens with zero attached hydrogens (tertiary/aromatic N) is 3. The lowest BCUT2D eigenvalue weighted by molar-refractivity contribution is 0.102. The Labute approximate surface area is 164 Å². The van der Waals surface area contributed by atoms with Crippen LogP contribution in [0.25, 0.3) is 10.7 Å². The van der Waals surface area contributed by atoms with Crippen molar-refractivity contribution in [1.82, 2.24) is 14.7 Å². The van der Waals surface area contributed by atoms with E-state index in [0.29, 0.717) is 23.8 Å². The molecule has 0 spiro atoms. The van der Waals surface area contributed by atoms with E-state index in [1.165, 1.54) is 22.0 Å². The predicted molar refractivity (Wildman–Crippen MR) is 106 cm³/mol. The van der Waals surface area contributed by atoms with Crippen LogP contribution >= 0.6 is 11.3 Å². The molecule has 0 saturated heterocycles. The van der Waals surface area contributed by atoms with Gasteiger partial charge in [0.05, 0.1) is 11.3 Å². The van der Waals surface area contributed by atoms with E-state index in [9.17, 15) is 9.59 Å². The molecule has 7 nitrogen and oxygen atoms in total. The van der Waals surface area contributed by atoms with Crippen LogP contribution in [0.4, 0.5) is 5.69 Å². The maximum absolute atomic E-state index is 12.6. The first kappa shape index (κ1) is 17.9. The molecule has 1 N–H and O–H groups in total. The number of hydrogen-bond acceptors (Lipinski definition) is 6. The highest BCUT2D eigenvalue weighted by Crippen LogP contribution is 2.24. The second-order valence-corrected chi connectivity index (χ2v) is 7.06. The minimum atomic E-state index is -0.460. The number of carbonyl (C=O) groups excluding carboxylic acids is 1. The Morgan fingerprint density at radius 1 is 1.18 bits per heavy atom. The quantitative estimate of drug-likeness (QED) is 0.563. The standard InChI is InChI=1S/C20H16N4O3S/c1-24-10-4-7-14(20(24)26)19(25)21-15-8-3-2-6-13(15)12-17-22-18(23-27-17)16-9-5-11-28-16/h2-11H,12H2,1H3,(H,21,25). The monoisotopic (exact) mass is 392 g/mol. The first-order chi connectivity index (χ1) is 13.6. The minimum Gasteiger partial charge on any atom is -0.339 e. The van der Waals surface area contributed by atoms with Gasteiger partial charge in [0, 0.05) is 18.9 Å². The van der Waals surface area contributed by atoms with Crippen molar-refractivity contribution in [3.05, 3.63) is 87.5 Å². The highest BCUT2D eigenvalue weighted by atomic mass is 32.1. The van der Waals surface area contributed by atoms with Crippen LogP contribution in [0.2, 0.25) is 0 Å². The summed E-state index contributed by atoms with van der Waals surface area (Å²) in [7, 11) is 1.60. The second kappa shape index (κ2) is 7.61. The van der Waals surface area contributed by atoms with E-state index in [0.717, 1.165) is 10.4 Å². The van der Waals surface area contributed by atoms with Gasteiger partial charge >= 0.3 is 0 Å². The largest absolute Gasteiger partial charge is 0.339 e. The van der Waals surface area contributed by atoms with E-state index in [1.54, 1.807) is 25.4 Å². The number of aryl methyl sites for hydroxylation is 1. The number of rotatable bonds is 5. The summed E-state index contributed by atoms with van der Waals surface area (Å²) in [4.78, 5) is 30.1. The molecule has 28 heavy (non-hydrogen) atoms. The molecule has 0 fully saturated rings. The number of thiophene rings is 1. The van der Waals surface area contributed by atoms with Crippen LogP contribution < -0.4 is 10.9 Å². The van der Waals surface area contributed by atoms with Gasteiger partial charge in [-0.25, -0.2) is 0 Å². The Morgan fingerprint density at radius 3 is 2.86 bits per heavy atom. The van der Waals surface area contributed by atoms with Crippen molar-refractivity contribution < 1.29 is 9.32 Å². The first-order valence-corrected chi connectivity index (χ1v) is 9.41. The number of nitrogens with one attached hydrogen (secondary N) is 1. The molecular weight excluding hydrogens is 376 g/mol. The molecular formula is C20H16N4O3S. The maximum atomic E-state index is 12.6. The zero-order valence-electron chi connectivity index (χ0n) is 15.0. The molecule has 0 atom stereocenters. The average Bonchev–Trinajstić information content (AvgIpc) is 3.37. The summed E-state index contributed by atoms with van der Waals surface area (Å²) >= 11 is 1.53. The van der Waals surface area contributed by atoms with Gasteiger partial charge in [-0.15, -0.1) is 11.3 Å². The number of anilines is 1. The maximum Gasteiger partial charge on any atom is 0.263 e. The molecule has 0 aliphatic carbocycles. The SMILES string of the molecule is Cn1cccc(C(=O)Nc2ccccc2Cc2nc(-c3cccs3)no2)c1=O. The summed E-state index contributed by atoms with van der Waals surface area (Å²) in [5.74, 6) is 0.526. The molecule has 3 heterocycles. The number of amides is 1. The highest BCUT2D eigenvalue weighted by molar-refractivity contribution is 7.13. The summed E-state index contributed by atoms with van der Waals surface area (Å²) in [5, 5.41) is 8.77. The molecule has 0 aliphatic heterocycles. The van der Waals surface area contributed by atoms with Gasteiger partial charge in [0.1, 0.15) is 5.56 Å². The van der Waals surface area contributed by atoms with Gasteiger partial charge < -0.3 is 14.4 Å². The van der Waals surface area contributed by atoms with Crippen molar-refractivity contribution >= 4 is 22.9 Å². The van der Waals surface area contributed by atoms with Gasteiger partial charge in [0.2, 0.25) is 11.7 Å². The van der Waals surface area contributed by atoms with Crippen LogP contribution in [-0.2, 0) is 13.5 Å².